The highest BCUT2D eigenvalue weighted by Crippen LogP contribution is 2.22. The number of hydrogen-bond donors (Lipinski definition) is 1. The first-order valence-corrected chi connectivity index (χ1v) is 4.56. The van der Waals surface area contributed by atoms with Gasteiger partial charge in [0.25, 0.3) is 0 Å². The number of aliphatic hydroxyl groups excluding tert-OH is 1. The van der Waals surface area contributed by atoms with E-state index in [0.29, 0.717) is 0 Å². The van der Waals surface area contributed by atoms with Gasteiger partial charge in [-0.2, -0.15) is 0 Å². The van der Waals surface area contributed by atoms with Gasteiger partial charge in [-0.25, -0.2) is 0 Å². The van der Waals surface area contributed by atoms with Crippen molar-refractivity contribution in [1.82, 2.24) is 4.98 Å². The molecule has 0 saturated carbocycles. The summed E-state index contributed by atoms with van der Waals surface area (Å²) >= 11 is 0. The predicted octanol–water partition coefficient (Wildman–Crippen LogP) is 2.43. The average Bonchev–Trinajstić information content (AvgIpc) is 2.03. The second kappa shape index (κ2) is 3.46. The van der Waals surface area contributed by atoms with Crippen LogP contribution >= 0.6 is 0 Å². The van der Waals surface area contributed by atoms with Crippen LogP contribution in [0.15, 0.2) is 18.3 Å². The summed E-state index contributed by atoms with van der Waals surface area (Å²) in [6.45, 7) is 8.10. The first-order chi connectivity index (χ1) is 5.91. The van der Waals surface area contributed by atoms with Gasteiger partial charge in [0.15, 0.2) is 0 Å². The number of hydrogen-bond acceptors (Lipinski definition) is 2. The van der Waals surface area contributed by atoms with Gasteiger partial charge in [-0.15, -0.1) is 0 Å². The van der Waals surface area contributed by atoms with E-state index in [4.69, 9.17) is 0 Å². The lowest BCUT2D eigenvalue weighted by molar-refractivity contribution is 0.199. The van der Waals surface area contributed by atoms with Gasteiger partial charge >= 0.3 is 0 Å². The second-order valence-electron chi connectivity index (χ2n) is 4.40. The molecule has 0 aliphatic rings. The Morgan fingerprint density at radius 3 is 2.46 bits per heavy atom. The van der Waals surface area contributed by atoms with E-state index < -0.39 is 6.10 Å². The van der Waals surface area contributed by atoms with Gasteiger partial charge in [0.1, 0.15) is 0 Å². The predicted molar refractivity (Wildman–Crippen MR) is 53.6 cm³/mol. The monoisotopic (exact) mass is 179 g/mol. The highest BCUT2D eigenvalue weighted by molar-refractivity contribution is 5.22. The molecule has 2 nitrogen and oxygen atoms in total. The van der Waals surface area contributed by atoms with Gasteiger partial charge in [-0.3, -0.25) is 4.98 Å². The Bertz CT molecular complexity index is 286. The molecule has 0 aliphatic heterocycles. The minimum atomic E-state index is -0.413. The molecule has 0 bridgehead atoms. The highest BCUT2D eigenvalue weighted by atomic mass is 16.3. The van der Waals surface area contributed by atoms with Crippen molar-refractivity contribution in [2.45, 2.75) is 39.2 Å². The summed E-state index contributed by atoms with van der Waals surface area (Å²) in [5.74, 6) is 0. The van der Waals surface area contributed by atoms with Gasteiger partial charge in [0.05, 0.1) is 6.10 Å². The van der Waals surface area contributed by atoms with Crippen molar-refractivity contribution in [3.8, 4) is 0 Å². The molecule has 72 valence electrons. The zero-order chi connectivity index (χ0) is 10.1. The maximum atomic E-state index is 9.39. The minimum absolute atomic E-state index is 0.0465. The summed E-state index contributed by atoms with van der Waals surface area (Å²) < 4.78 is 0. The molecule has 0 spiro atoms. The summed E-state index contributed by atoms with van der Waals surface area (Å²) in [4.78, 5) is 4.28. The first kappa shape index (κ1) is 10.2. The summed E-state index contributed by atoms with van der Waals surface area (Å²) in [7, 11) is 0. The van der Waals surface area contributed by atoms with E-state index >= 15 is 0 Å². The molecule has 0 amide bonds. The van der Waals surface area contributed by atoms with Gasteiger partial charge in [-0.05, 0) is 24.6 Å². The van der Waals surface area contributed by atoms with E-state index in [-0.39, 0.29) is 5.41 Å². The fourth-order valence-electron chi connectivity index (χ4n) is 1.12. The molecule has 0 aliphatic carbocycles. The SMILES string of the molecule is CC(O)c1ccnc(C(C)(C)C)c1. The Hall–Kier alpha value is -0.890. The van der Waals surface area contributed by atoms with Gasteiger partial charge < -0.3 is 5.11 Å². The van der Waals surface area contributed by atoms with Crippen molar-refractivity contribution in [3.05, 3.63) is 29.6 Å². The summed E-state index contributed by atoms with van der Waals surface area (Å²) in [6.07, 6.45) is 1.34. The maximum absolute atomic E-state index is 9.39. The van der Waals surface area contributed by atoms with E-state index in [1.807, 2.05) is 12.1 Å². The average molecular weight is 179 g/mol. The van der Waals surface area contributed by atoms with Crippen molar-refractivity contribution in [2.75, 3.05) is 0 Å². The molecule has 1 heterocycles. The lowest BCUT2D eigenvalue weighted by Crippen LogP contribution is -2.13. The van der Waals surface area contributed by atoms with E-state index in [0.717, 1.165) is 11.3 Å². The molecule has 1 atom stereocenters. The molecule has 2 heteroatoms. The molecule has 0 aromatic carbocycles. The van der Waals surface area contributed by atoms with Crippen molar-refractivity contribution >= 4 is 0 Å². The maximum Gasteiger partial charge on any atom is 0.0763 e. The van der Waals surface area contributed by atoms with Crippen molar-refractivity contribution < 1.29 is 5.11 Å². The zero-order valence-corrected chi connectivity index (χ0v) is 8.70. The summed E-state index contributed by atoms with van der Waals surface area (Å²) in [6, 6.07) is 3.81. The van der Waals surface area contributed by atoms with Crippen molar-refractivity contribution in [1.29, 1.82) is 0 Å². The standard InChI is InChI=1S/C11H17NO/c1-8(13)9-5-6-12-10(7-9)11(2,3)4/h5-8,13H,1-4H3. The van der Waals surface area contributed by atoms with Crippen LogP contribution in [-0.2, 0) is 5.41 Å². The number of rotatable bonds is 1. The summed E-state index contributed by atoms with van der Waals surface area (Å²) in [5.41, 5.74) is 2.00. The van der Waals surface area contributed by atoms with Gasteiger partial charge in [0, 0.05) is 17.3 Å². The number of pyridine rings is 1. The van der Waals surface area contributed by atoms with Crippen LogP contribution in [0.1, 0.15) is 45.1 Å². The Morgan fingerprint density at radius 2 is 2.00 bits per heavy atom. The molecule has 1 aromatic heterocycles. The van der Waals surface area contributed by atoms with Gasteiger partial charge in [-0.1, -0.05) is 20.8 Å². The van der Waals surface area contributed by atoms with E-state index in [2.05, 4.69) is 25.8 Å². The quantitative estimate of drug-likeness (QED) is 0.718. The van der Waals surface area contributed by atoms with Crippen LogP contribution < -0.4 is 0 Å². The van der Waals surface area contributed by atoms with E-state index in [9.17, 15) is 5.11 Å². The Kier molecular flexibility index (Phi) is 2.71. The molecule has 0 fully saturated rings. The lowest BCUT2D eigenvalue weighted by Gasteiger charge is -2.18. The third kappa shape index (κ3) is 2.52. The first-order valence-electron chi connectivity index (χ1n) is 4.56. The van der Waals surface area contributed by atoms with Crippen LogP contribution in [0.25, 0.3) is 0 Å². The third-order valence-electron chi connectivity index (χ3n) is 2.03. The van der Waals surface area contributed by atoms with E-state index in [1.54, 1.807) is 13.1 Å². The van der Waals surface area contributed by atoms with Crippen molar-refractivity contribution in [2.24, 2.45) is 0 Å². The number of nitrogens with zero attached hydrogens (tertiary/aromatic N) is 1. The van der Waals surface area contributed by atoms with E-state index in [1.165, 1.54) is 0 Å². The molecule has 0 radical (unpaired) electrons. The topological polar surface area (TPSA) is 33.1 Å². The zero-order valence-electron chi connectivity index (χ0n) is 8.70. The normalized spacial score (nSPS) is 14.2. The molecule has 0 saturated heterocycles. The second-order valence-corrected chi connectivity index (χ2v) is 4.40. The largest absolute Gasteiger partial charge is 0.389 e. The molecule has 1 N–H and O–H groups in total. The van der Waals surface area contributed by atoms with Crippen LogP contribution in [0.3, 0.4) is 0 Å². The van der Waals surface area contributed by atoms with Crippen LogP contribution in [0.2, 0.25) is 0 Å². The molecule has 13 heavy (non-hydrogen) atoms. The number of aliphatic hydroxyl groups is 1. The Labute approximate surface area is 79.6 Å². The Morgan fingerprint density at radius 1 is 1.38 bits per heavy atom. The minimum Gasteiger partial charge on any atom is -0.389 e. The third-order valence-corrected chi connectivity index (χ3v) is 2.03. The number of aromatic nitrogens is 1. The smallest absolute Gasteiger partial charge is 0.0763 e. The molecule has 1 aromatic rings. The molecule has 1 rings (SSSR count). The molecular formula is C11H17NO. The lowest BCUT2D eigenvalue weighted by atomic mass is 9.90. The van der Waals surface area contributed by atoms with Crippen LogP contribution in [0.5, 0.6) is 0 Å². The molecule has 1 unspecified atom stereocenters. The fourth-order valence-corrected chi connectivity index (χ4v) is 1.12. The highest BCUT2D eigenvalue weighted by Gasteiger charge is 2.16. The van der Waals surface area contributed by atoms with Crippen molar-refractivity contribution in [3.63, 3.8) is 0 Å². The van der Waals surface area contributed by atoms with Crippen LogP contribution in [0, 0.1) is 0 Å². The summed E-state index contributed by atoms with van der Waals surface area (Å²) in [5, 5.41) is 9.39. The van der Waals surface area contributed by atoms with Crippen LogP contribution in [-0.4, -0.2) is 10.1 Å². The fraction of sp³-hybridized carbons (Fsp3) is 0.545. The van der Waals surface area contributed by atoms with Gasteiger partial charge in [0.2, 0.25) is 0 Å². The van der Waals surface area contributed by atoms with Crippen LogP contribution in [0.4, 0.5) is 0 Å². The molecular weight excluding hydrogens is 162 g/mol. The Balaban J connectivity index is 3.06.